The lowest BCUT2D eigenvalue weighted by atomic mass is 9.86. The van der Waals surface area contributed by atoms with Crippen molar-refractivity contribution in [3.63, 3.8) is 0 Å². The number of hydrogen-bond donors (Lipinski definition) is 1. The molecule has 17 heavy (non-hydrogen) atoms. The minimum absolute atomic E-state index is 0.465. The lowest BCUT2D eigenvalue weighted by molar-refractivity contribution is 0.352. The molecule has 2 nitrogen and oxygen atoms in total. The Balaban J connectivity index is 2.11. The van der Waals surface area contributed by atoms with Crippen molar-refractivity contribution in [2.24, 2.45) is 5.92 Å². The van der Waals surface area contributed by atoms with Gasteiger partial charge in [0.15, 0.2) is 0 Å². The van der Waals surface area contributed by atoms with Crippen molar-refractivity contribution in [2.75, 3.05) is 11.2 Å². The van der Waals surface area contributed by atoms with E-state index in [0.29, 0.717) is 12.0 Å². The van der Waals surface area contributed by atoms with Gasteiger partial charge in [-0.25, -0.2) is 4.98 Å². The number of pyridine rings is 1. The Morgan fingerprint density at radius 2 is 2.24 bits per heavy atom. The summed E-state index contributed by atoms with van der Waals surface area (Å²) in [6, 6.07) is 2.47. The van der Waals surface area contributed by atoms with Crippen LogP contribution in [0.15, 0.2) is 16.7 Å². The Hall–Kier alpha value is -0.280. The molecule has 0 aromatic carbocycles. The maximum atomic E-state index is 6.04. The third-order valence-corrected chi connectivity index (χ3v) is 4.91. The predicted molar refractivity (Wildman–Crippen MR) is 76.8 cm³/mol. The number of alkyl halides is 1. The van der Waals surface area contributed by atoms with E-state index < -0.39 is 0 Å². The Labute approximate surface area is 116 Å². The van der Waals surface area contributed by atoms with Gasteiger partial charge in [0.05, 0.1) is 4.47 Å². The molecule has 94 valence electrons. The molecule has 0 radical (unpaired) electrons. The smallest absolute Gasteiger partial charge is 0.140 e. The highest BCUT2D eigenvalue weighted by Crippen LogP contribution is 2.30. The van der Waals surface area contributed by atoms with Crippen LogP contribution in [0.25, 0.3) is 0 Å². The van der Waals surface area contributed by atoms with Crippen LogP contribution in [0, 0.1) is 12.8 Å². The minimum Gasteiger partial charge on any atom is -0.366 e. The fraction of sp³-hybridized carbons (Fsp3) is 0.615. The maximum Gasteiger partial charge on any atom is 0.140 e. The summed E-state index contributed by atoms with van der Waals surface area (Å²) < 4.78 is 1.07. The van der Waals surface area contributed by atoms with Crippen LogP contribution in [-0.2, 0) is 0 Å². The molecule has 0 saturated heterocycles. The maximum absolute atomic E-state index is 6.04. The molecule has 2 unspecified atom stereocenters. The predicted octanol–water partition coefficient (Wildman–Crippen LogP) is 4.36. The first-order valence-electron chi connectivity index (χ1n) is 6.16. The van der Waals surface area contributed by atoms with Crippen molar-refractivity contribution in [1.29, 1.82) is 0 Å². The van der Waals surface area contributed by atoms with Gasteiger partial charge in [-0.3, -0.25) is 0 Å². The molecule has 4 heteroatoms. The average molecular weight is 318 g/mol. The van der Waals surface area contributed by atoms with E-state index in [9.17, 15) is 0 Å². The second-order valence-corrected chi connectivity index (χ2v) is 5.84. The molecular weight excluding hydrogens is 300 g/mol. The Morgan fingerprint density at radius 1 is 1.47 bits per heavy atom. The first-order valence-corrected chi connectivity index (χ1v) is 7.48. The lowest BCUT2D eigenvalue weighted by Gasteiger charge is -2.31. The van der Waals surface area contributed by atoms with Gasteiger partial charge in [-0.15, -0.1) is 11.6 Å². The topological polar surface area (TPSA) is 24.9 Å². The van der Waals surface area contributed by atoms with Gasteiger partial charge in [0.2, 0.25) is 0 Å². The standard InChI is InChI=1S/C13H18BrClN2/c1-9-6-7-16-13(12(9)14)17-11-5-3-2-4-10(11)8-15/h6-7,10-11H,2-5,8H2,1H3,(H,16,17). The average Bonchev–Trinajstić information content (AvgIpc) is 2.35. The highest BCUT2D eigenvalue weighted by Gasteiger charge is 2.25. The van der Waals surface area contributed by atoms with Crippen molar-refractivity contribution < 1.29 is 0 Å². The molecule has 2 atom stereocenters. The second-order valence-electron chi connectivity index (χ2n) is 4.74. The first kappa shape index (κ1) is 13.2. The van der Waals surface area contributed by atoms with Gasteiger partial charge in [-0.05, 0) is 53.2 Å². The number of hydrogen-bond acceptors (Lipinski definition) is 2. The summed E-state index contributed by atoms with van der Waals surface area (Å²) in [5.74, 6) is 2.26. The zero-order valence-electron chi connectivity index (χ0n) is 10.0. The summed E-state index contributed by atoms with van der Waals surface area (Å²) >= 11 is 9.63. The molecule has 0 amide bonds. The fourth-order valence-corrected chi connectivity index (χ4v) is 3.12. The molecule has 0 bridgehead atoms. The van der Waals surface area contributed by atoms with E-state index in [2.05, 4.69) is 33.2 Å². The van der Waals surface area contributed by atoms with Gasteiger partial charge < -0.3 is 5.32 Å². The molecule has 0 aliphatic heterocycles. The molecular formula is C13H18BrClN2. The van der Waals surface area contributed by atoms with Crippen LogP contribution >= 0.6 is 27.5 Å². The van der Waals surface area contributed by atoms with Crippen molar-refractivity contribution in [3.05, 3.63) is 22.3 Å². The molecule has 2 rings (SSSR count). The largest absolute Gasteiger partial charge is 0.366 e. The summed E-state index contributed by atoms with van der Waals surface area (Å²) in [5, 5.41) is 3.55. The number of aromatic nitrogens is 1. The van der Waals surface area contributed by atoms with E-state index >= 15 is 0 Å². The van der Waals surface area contributed by atoms with Gasteiger partial charge in [0.1, 0.15) is 5.82 Å². The third-order valence-electron chi connectivity index (χ3n) is 3.51. The molecule has 0 spiro atoms. The van der Waals surface area contributed by atoms with Crippen LogP contribution in [0.5, 0.6) is 0 Å². The van der Waals surface area contributed by atoms with Crippen LogP contribution in [0.2, 0.25) is 0 Å². The lowest BCUT2D eigenvalue weighted by Crippen LogP contribution is -2.33. The van der Waals surface area contributed by atoms with E-state index in [4.69, 9.17) is 11.6 Å². The highest BCUT2D eigenvalue weighted by molar-refractivity contribution is 9.10. The van der Waals surface area contributed by atoms with Gasteiger partial charge >= 0.3 is 0 Å². The number of halogens is 2. The summed E-state index contributed by atoms with van der Waals surface area (Å²) in [5.41, 5.74) is 1.21. The van der Waals surface area contributed by atoms with Gasteiger partial charge in [0.25, 0.3) is 0 Å². The van der Waals surface area contributed by atoms with E-state index in [1.54, 1.807) is 0 Å². The Morgan fingerprint density at radius 3 is 3.00 bits per heavy atom. The molecule has 1 aromatic heterocycles. The molecule has 1 N–H and O–H groups in total. The van der Waals surface area contributed by atoms with Crippen LogP contribution in [0.4, 0.5) is 5.82 Å². The quantitative estimate of drug-likeness (QED) is 0.838. The van der Waals surface area contributed by atoms with E-state index in [0.717, 1.165) is 16.2 Å². The van der Waals surface area contributed by atoms with Crippen molar-refractivity contribution in [1.82, 2.24) is 4.98 Å². The first-order chi connectivity index (χ1) is 8.22. The van der Waals surface area contributed by atoms with Crippen LogP contribution in [0.3, 0.4) is 0 Å². The molecule has 1 fully saturated rings. The summed E-state index contributed by atoms with van der Waals surface area (Å²) in [6.07, 6.45) is 6.86. The van der Waals surface area contributed by atoms with Gasteiger partial charge in [0, 0.05) is 18.1 Å². The summed E-state index contributed by atoms with van der Waals surface area (Å²) in [7, 11) is 0. The zero-order valence-corrected chi connectivity index (χ0v) is 12.4. The van der Waals surface area contributed by atoms with Crippen LogP contribution in [0.1, 0.15) is 31.2 Å². The van der Waals surface area contributed by atoms with Gasteiger partial charge in [-0.1, -0.05) is 12.8 Å². The number of aryl methyl sites for hydroxylation is 1. The van der Waals surface area contributed by atoms with E-state index in [1.807, 2.05) is 12.3 Å². The number of nitrogens with one attached hydrogen (secondary N) is 1. The Kier molecular flexibility index (Phi) is 4.69. The zero-order chi connectivity index (χ0) is 12.3. The normalized spacial score (nSPS) is 24.6. The fourth-order valence-electron chi connectivity index (χ4n) is 2.40. The molecule has 1 aromatic rings. The number of anilines is 1. The highest BCUT2D eigenvalue weighted by atomic mass is 79.9. The van der Waals surface area contributed by atoms with Gasteiger partial charge in [-0.2, -0.15) is 0 Å². The molecule has 1 aliphatic rings. The molecule has 1 saturated carbocycles. The van der Waals surface area contributed by atoms with Crippen LogP contribution in [-0.4, -0.2) is 16.9 Å². The Bertz CT molecular complexity index is 384. The minimum atomic E-state index is 0.465. The van der Waals surface area contributed by atoms with E-state index in [-0.39, 0.29) is 0 Å². The molecule has 1 heterocycles. The number of rotatable bonds is 3. The van der Waals surface area contributed by atoms with Crippen molar-refractivity contribution >= 4 is 33.3 Å². The second kappa shape index (κ2) is 6.05. The van der Waals surface area contributed by atoms with Crippen molar-refractivity contribution in [2.45, 2.75) is 38.6 Å². The van der Waals surface area contributed by atoms with E-state index in [1.165, 1.54) is 31.2 Å². The third kappa shape index (κ3) is 3.14. The van der Waals surface area contributed by atoms with Crippen molar-refractivity contribution in [3.8, 4) is 0 Å². The monoisotopic (exact) mass is 316 g/mol. The van der Waals surface area contributed by atoms with Crippen LogP contribution < -0.4 is 5.32 Å². The number of nitrogens with zero attached hydrogens (tertiary/aromatic N) is 1. The summed E-state index contributed by atoms with van der Waals surface area (Å²) in [4.78, 5) is 4.40. The summed E-state index contributed by atoms with van der Waals surface area (Å²) in [6.45, 7) is 2.08. The molecule has 1 aliphatic carbocycles. The SMILES string of the molecule is Cc1ccnc(NC2CCCCC2CCl)c1Br.